The number of aryl methyl sites for hydroxylation is 3. The average Bonchev–Trinajstić information content (AvgIpc) is 3.16. The highest BCUT2D eigenvalue weighted by Crippen LogP contribution is 2.26. The van der Waals surface area contributed by atoms with Gasteiger partial charge in [-0.25, -0.2) is 9.67 Å². The zero-order valence-electron chi connectivity index (χ0n) is 17.0. The number of halogens is 1. The molecule has 0 saturated heterocycles. The van der Waals surface area contributed by atoms with Crippen LogP contribution < -0.4 is 5.32 Å². The van der Waals surface area contributed by atoms with E-state index in [1.54, 1.807) is 4.68 Å². The molecule has 0 spiro atoms. The van der Waals surface area contributed by atoms with Gasteiger partial charge >= 0.3 is 0 Å². The maximum atomic E-state index is 12.9. The smallest absolute Gasteiger partial charge is 0.295 e. The molecule has 1 N–H and O–H groups in total. The van der Waals surface area contributed by atoms with Gasteiger partial charge in [-0.05, 0) is 56.2 Å². The number of aromatic nitrogens is 3. The Bertz CT molecular complexity index is 1230. The molecule has 4 rings (SSSR count). The third-order valence-corrected chi connectivity index (χ3v) is 5.03. The number of carbonyl (C=O) groups excluding carboxylic acids is 1. The summed E-state index contributed by atoms with van der Waals surface area (Å²) in [7, 11) is 0. The molecule has 0 atom stereocenters. The predicted octanol–water partition coefficient (Wildman–Crippen LogP) is 5.77. The fourth-order valence-electron chi connectivity index (χ4n) is 3.19. The Balaban J connectivity index is 1.80. The van der Waals surface area contributed by atoms with Gasteiger partial charge < -0.3 is 5.32 Å². The van der Waals surface area contributed by atoms with Crippen LogP contribution in [0.1, 0.15) is 27.3 Å². The highest BCUT2D eigenvalue weighted by atomic mass is 35.5. The molecule has 0 aliphatic heterocycles. The fraction of sp³-hybridized carbons (Fsp3) is 0.125. The van der Waals surface area contributed by atoms with E-state index in [4.69, 9.17) is 11.6 Å². The van der Waals surface area contributed by atoms with Crippen LogP contribution in [0.3, 0.4) is 0 Å². The van der Waals surface area contributed by atoms with Crippen molar-refractivity contribution in [1.82, 2.24) is 14.8 Å². The van der Waals surface area contributed by atoms with E-state index in [1.807, 2.05) is 87.5 Å². The minimum absolute atomic E-state index is 0.0893. The molecule has 0 radical (unpaired) electrons. The zero-order chi connectivity index (χ0) is 21.3. The summed E-state index contributed by atoms with van der Waals surface area (Å²) in [6.45, 7) is 5.97. The molecule has 4 aromatic rings. The number of rotatable bonds is 4. The second-order valence-electron chi connectivity index (χ2n) is 7.29. The fourth-order valence-corrected chi connectivity index (χ4v) is 3.35. The van der Waals surface area contributed by atoms with Crippen molar-refractivity contribution in [2.75, 3.05) is 5.32 Å². The molecule has 0 aliphatic rings. The monoisotopic (exact) mass is 416 g/mol. The third-order valence-electron chi connectivity index (χ3n) is 4.80. The van der Waals surface area contributed by atoms with Gasteiger partial charge in [-0.2, -0.15) is 0 Å². The quantitative estimate of drug-likeness (QED) is 0.459. The van der Waals surface area contributed by atoms with Crippen LogP contribution in [0.25, 0.3) is 17.1 Å². The van der Waals surface area contributed by atoms with E-state index in [0.717, 1.165) is 27.9 Å². The first-order chi connectivity index (χ1) is 14.4. The van der Waals surface area contributed by atoms with E-state index in [9.17, 15) is 4.79 Å². The minimum atomic E-state index is -0.368. The lowest BCUT2D eigenvalue weighted by Crippen LogP contribution is -2.14. The Labute approximate surface area is 180 Å². The largest absolute Gasteiger partial charge is 0.319 e. The van der Waals surface area contributed by atoms with Gasteiger partial charge in [0, 0.05) is 16.3 Å². The van der Waals surface area contributed by atoms with Crippen molar-refractivity contribution in [3.8, 4) is 17.1 Å². The van der Waals surface area contributed by atoms with E-state index in [0.29, 0.717) is 16.5 Å². The summed E-state index contributed by atoms with van der Waals surface area (Å²) in [6, 6.07) is 21.1. The predicted molar refractivity (Wildman–Crippen MR) is 120 cm³/mol. The van der Waals surface area contributed by atoms with E-state index >= 15 is 0 Å². The maximum absolute atomic E-state index is 12.9. The van der Waals surface area contributed by atoms with Gasteiger partial charge in [-0.3, -0.25) is 4.79 Å². The summed E-state index contributed by atoms with van der Waals surface area (Å²) < 4.78 is 1.68. The zero-order valence-corrected chi connectivity index (χ0v) is 17.7. The number of nitrogens with one attached hydrogen (secondary N) is 1. The number of carbonyl (C=O) groups is 1. The summed E-state index contributed by atoms with van der Waals surface area (Å²) in [5.41, 5.74) is 5.51. The Morgan fingerprint density at radius 2 is 1.70 bits per heavy atom. The van der Waals surface area contributed by atoms with Crippen molar-refractivity contribution in [3.05, 3.63) is 94.3 Å². The van der Waals surface area contributed by atoms with Crippen LogP contribution in [0, 0.1) is 20.8 Å². The summed E-state index contributed by atoms with van der Waals surface area (Å²) >= 11 is 6.24. The lowest BCUT2D eigenvalue weighted by molar-refractivity contribution is 0.101. The first-order valence-corrected chi connectivity index (χ1v) is 9.97. The van der Waals surface area contributed by atoms with Crippen molar-refractivity contribution < 1.29 is 4.79 Å². The standard InChI is InChI=1S/C24H21ClN4O/c1-15-7-10-18(11-8-15)23-27-22(24(30)26-20-6-4-5-16(2)13-20)28-29(23)21-14-19(25)12-9-17(21)3/h4-14H,1-3H3,(H,26,30). The van der Waals surface area contributed by atoms with Crippen molar-refractivity contribution in [2.24, 2.45) is 0 Å². The number of benzene rings is 3. The van der Waals surface area contributed by atoms with E-state index < -0.39 is 0 Å². The Morgan fingerprint density at radius 1 is 0.933 bits per heavy atom. The Morgan fingerprint density at radius 3 is 2.43 bits per heavy atom. The van der Waals surface area contributed by atoms with E-state index in [-0.39, 0.29) is 11.7 Å². The third kappa shape index (κ3) is 4.11. The molecule has 0 fully saturated rings. The maximum Gasteiger partial charge on any atom is 0.295 e. The van der Waals surface area contributed by atoms with E-state index in [1.165, 1.54) is 0 Å². The first-order valence-electron chi connectivity index (χ1n) is 9.59. The van der Waals surface area contributed by atoms with Crippen LogP contribution in [0.4, 0.5) is 5.69 Å². The van der Waals surface area contributed by atoms with Crippen LogP contribution in [0.2, 0.25) is 5.02 Å². The Kier molecular flexibility index (Phi) is 5.38. The van der Waals surface area contributed by atoms with Gasteiger partial charge in [0.15, 0.2) is 5.82 Å². The SMILES string of the molecule is Cc1ccc(-c2nc(C(=O)Nc3cccc(C)c3)nn2-c2cc(Cl)ccc2C)cc1. The topological polar surface area (TPSA) is 59.8 Å². The van der Waals surface area contributed by atoms with Gasteiger partial charge in [-0.1, -0.05) is 59.6 Å². The highest BCUT2D eigenvalue weighted by molar-refractivity contribution is 6.30. The number of anilines is 1. The summed E-state index contributed by atoms with van der Waals surface area (Å²) in [4.78, 5) is 17.5. The average molecular weight is 417 g/mol. The van der Waals surface area contributed by atoms with Gasteiger partial charge in [-0.15, -0.1) is 5.10 Å². The Hall–Kier alpha value is -3.44. The second-order valence-corrected chi connectivity index (χ2v) is 7.73. The number of amides is 1. The highest BCUT2D eigenvalue weighted by Gasteiger charge is 2.20. The van der Waals surface area contributed by atoms with Gasteiger partial charge in [0.2, 0.25) is 5.82 Å². The van der Waals surface area contributed by atoms with Crippen LogP contribution in [-0.2, 0) is 0 Å². The molecule has 1 amide bonds. The van der Waals surface area contributed by atoms with Gasteiger partial charge in [0.25, 0.3) is 5.91 Å². The first kappa shape index (κ1) is 19.9. The van der Waals surface area contributed by atoms with Gasteiger partial charge in [0.05, 0.1) is 5.69 Å². The molecule has 1 heterocycles. The number of nitrogens with zero attached hydrogens (tertiary/aromatic N) is 3. The molecule has 6 heteroatoms. The minimum Gasteiger partial charge on any atom is -0.319 e. The molecule has 150 valence electrons. The molecule has 3 aromatic carbocycles. The lowest BCUT2D eigenvalue weighted by atomic mass is 10.1. The van der Waals surface area contributed by atoms with Crippen molar-refractivity contribution in [1.29, 1.82) is 0 Å². The molecule has 5 nitrogen and oxygen atoms in total. The molecule has 30 heavy (non-hydrogen) atoms. The van der Waals surface area contributed by atoms with Gasteiger partial charge in [0.1, 0.15) is 0 Å². The lowest BCUT2D eigenvalue weighted by Gasteiger charge is -2.09. The van der Waals surface area contributed by atoms with Crippen LogP contribution >= 0.6 is 11.6 Å². The molecule has 1 aromatic heterocycles. The molecule has 0 aliphatic carbocycles. The molecular weight excluding hydrogens is 396 g/mol. The van der Waals surface area contributed by atoms with Crippen molar-refractivity contribution in [3.63, 3.8) is 0 Å². The van der Waals surface area contributed by atoms with Crippen LogP contribution in [0.5, 0.6) is 0 Å². The van der Waals surface area contributed by atoms with E-state index in [2.05, 4.69) is 15.4 Å². The number of hydrogen-bond acceptors (Lipinski definition) is 3. The normalized spacial score (nSPS) is 10.8. The summed E-state index contributed by atoms with van der Waals surface area (Å²) in [5.74, 6) is 0.300. The molecule has 0 saturated carbocycles. The van der Waals surface area contributed by atoms with Crippen molar-refractivity contribution in [2.45, 2.75) is 20.8 Å². The van der Waals surface area contributed by atoms with Crippen LogP contribution in [0.15, 0.2) is 66.7 Å². The summed E-state index contributed by atoms with van der Waals surface area (Å²) in [6.07, 6.45) is 0. The molecule has 0 unspecified atom stereocenters. The van der Waals surface area contributed by atoms with Crippen LogP contribution in [-0.4, -0.2) is 20.7 Å². The molecular formula is C24H21ClN4O. The van der Waals surface area contributed by atoms with Crippen molar-refractivity contribution >= 4 is 23.2 Å². The molecule has 0 bridgehead atoms. The number of hydrogen-bond donors (Lipinski definition) is 1. The second kappa shape index (κ2) is 8.13. The summed E-state index contributed by atoms with van der Waals surface area (Å²) in [5, 5.41) is 8.00.